The van der Waals surface area contributed by atoms with Gasteiger partial charge < -0.3 is 10.6 Å². The smallest absolute Gasteiger partial charge is 0.315 e. The Labute approximate surface area is 83.5 Å². The molecule has 2 amide bonds. The van der Waals surface area contributed by atoms with E-state index in [1.165, 1.54) is 11.1 Å². The van der Waals surface area contributed by atoms with Gasteiger partial charge in [0.15, 0.2) is 0 Å². The molecule has 1 aliphatic rings. The number of urea groups is 1. The van der Waals surface area contributed by atoms with Crippen LogP contribution in [0.5, 0.6) is 0 Å². The summed E-state index contributed by atoms with van der Waals surface area (Å²) in [7, 11) is 0. The van der Waals surface area contributed by atoms with Crippen LogP contribution in [0.4, 0.5) is 4.79 Å². The summed E-state index contributed by atoms with van der Waals surface area (Å²) in [5.74, 6) is 0. The predicted molar refractivity (Wildman–Crippen MR) is 55.1 cm³/mol. The van der Waals surface area contributed by atoms with Crippen molar-refractivity contribution in [3.05, 3.63) is 35.4 Å². The van der Waals surface area contributed by atoms with Crippen LogP contribution >= 0.6 is 0 Å². The van der Waals surface area contributed by atoms with E-state index < -0.39 is 0 Å². The third kappa shape index (κ3) is 1.87. The molecule has 0 radical (unpaired) electrons. The van der Waals surface area contributed by atoms with Gasteiger partial charge in [-0.1, -0.05) is 29.8 Å². The van der Waals surface area contributed by atoms with E-state index in [0.717, 1.165) is 13.0 Å². The van der Waals surface area contributed by atoms with E-state index in [0.29, 0.717) is 0 Å². The SMILES string of the molecule is Cc1cccc(C2CCNC(=O)N2)c1. The molecule has 14 heavy (non-hydrogen) atoms. The van der Waals surface area contributed by atoms with Crippen molar-refractivity contribution in [1.29, 1.82) is 0 Å². The van der Waals surface area contributed by atoms with Crippen molar-refractivity contribution in [2.75, 3.05) is 6.54 Å². The van der Waals surface area contributed by atoms with Crippen molar-refractivity contribution >= 4 is 6.03 Å². The second-order valence-corrected chi connectivity index (χ2v) is 3.66. The average Bonchev–Trinajstić information content (AvgIpc) is 2.18. The summed E-state index contributed by atoms with van der Waals surface area (Å²) in [4.78, 5) is 11.1. The van der Waals surface area contributed by atoms with Crippen molar-refractivity contribution in [2.24, 2.45) is 0 Å². The number of aryl methyl sites for hydroxylation is 1. The number of carbonyl (C=O) groups is 1. The summed E-state index contributed by atoms with van der Waals surface area (Å²) >= 11 is 0. The van der Waals surface area contributed by atoms with Crippen LogP contribution < -0.4 is 10.6 Å². The van der Waals surface area contributed by atoms with Crippen molar-refractivity contribution in [1.82, 2.24) is 10.6 Å². The van der Waals surface area contributed by atoms with Gasteiger partial charge in [0.2, 0.25) is 0 Å². The molecule has 74 valence electrons. The molecule has 0 spiro atoms. The van der Waals surface area contributed by atoms with Crippen molar-refractivity contribution in [3.63, 3.8) is 0 Å². The van der Waals surface area contributed by atoms with E-state index in [9.17, 15) is 4.79 Å². The van der Waals surface area contributed by atoms with Crippen LogP contribution in [0.2, 0.25) is 0 Å². The molecular formula is C11H14N2O. The van der Waals surface area contributed by atoms with Crippen molar-refractivity contribution in [3.8, 4) is 0 Å². The van der Waals surface area contributed by atoms with E-state index in [1.807, 2.05) is 6.07 Å². The summed E-state index contributed by atoms with van der Waals surface area (Å²) in [5.41, 5.74) is 2.43. The van der Waals surface area contributed by atoms with Crippen LogP contribution in [0.1, 0.15) is 23.6 Å². The average molecular weight is 190 g/mol. The predicted octanol–water partition coefficient (Wildman–Crippen LogP) is 1.74. The largest absolute Gasteiger partial charge is 0.338 e. The Balaban J connectivity index is 2.17. The van der Waals surface area contributed by atoms with E-state index in [4.69, 9.17) is 0 Å². The first-order valence-electron chi connectivity index (χ1n) is 4.86. The summed E-state index contributed by atoms with van der Waals surface area (Å²) in [6.07, 6.45) is 0.954. The standard InChI is InChI=1S/C11H14N2O/c1-8-3-2-4-9(7-8)10-5-6-12-11(14)13-10/h2-4,7,10H,5-6H2,1H3,(H2,12,13,14). The van der Waals surface area contributed by atoms with Crippen LogP contribution in [0.15, 0.2) is 24.3 Å². The van der Waals surface area contributed by atoms with E-state index in [-0.39, 0.29) is 12.1 Å². The molecule has 3 nitrogen and oxygen atoms in total. The molecule has 2 rings (SSSR count). The molecule has 1 aromatic carbocycles. The second-order valence-electron chi connectivity index (χ2n) is 3.66. The second kappa shape index (κ2) is 3.70. The zero-order chi connectivity index (χ0) is 9.97. The summed E-state index contributed by atoms with van der Waals surface area (Å²) in [5, 5.41) is 5.66. The van der Waals surface area contributed by atoms with Crippen molar-refractivity contribution < 1.29 is 4.79 Å². The molecule has 1 heterocycles. The lowest BCUT2D eigenvalue weighted by atomic mass is 10.0. The Hall–Kier alpha value is -1.51. The molecule has 1 aliphatic heterocycles. The fraction of sp³-hybridized carbons (Fsp3) is 0.364. The van der Waals surface area contributed by atoms with Crippen LogP contribution in [-0.4, -0.2) is 12.6 Å². The maximum atomic E-state index is 11.1. The van der Waals surface area contributed by atoms with Gasteiger partial charge >= 0.3 is 6.03 Å². The lowest BCUT2D eigenvalue weighted by Gasteiger charge is -2.24. The fourth-order valence-electron chi connectivity index (χ4n) is 1.75. The van der Waals surface area contributed by atoms with Gasteiger partial charge in [0.25, 0.3) is 0 Å². The first-order chi connectivity index (χ1) is 6.75. The maximum absolute atomic E-state index is 11.1. The van der Waals surface area contributed by atoms with Crippen LogP contribution in [-0.2, 0) is 0 Å². The number of amides is 2. The van der Waals surface area contributed by atoms with Gasteiger partial charge in [0.05, 0.1) is 6.04 Å². The minimum Gasteiger partial charge on any atom is -0.338 e. The number of rotatable bonds is 1. The number of hydrogen-bond donors (Lipinski definition) is 2. The molecule has 1 aromatic rings. The maximum Gasteiger partial charge on any atom is 0.315 e. The van der Waals surface area contributed by atoms with Crippen LogP contribution in [0.25, 0.3) is 0 Å². The molecule has 1 saturated heterocycles. The van der Waals surface area contributed by atoms with Gasteiger partial charge in [0, 0.05) is 6.54 Å². The fourth-order valence-corrected chi connectivity index (χ4v) is 1.75. The minimum absolute atomic E-state index is 0.0669. The molecule has 1 unspecified atom stereocenters. The third-order valence-corrected chi connectivity index (χ3v) is 2.47. The van der Waals surface area contributed by atoms with Gasteiger partial charge in [-0.15, -0.1) is 0 Å². The Morgan fingerprint density at radius 1 is 1.43 bits per heavy atom. The van der Waals surface area contributed by atoms with Gasteiger partial charge in [-0.2, -0.15) is 0 Å². The van der Waals surface area contributed by atoms with E-state index in [2.05, 4.69) is 35.8 Å². The monoisotopic (exact) mass is 190 g/mol. The summed E-state index contributed by atoms with van der Waals surface area (Å²) in [6, 6.07) is 8.37. The van der Waals surface area contributed by atoms with E-state index >= 15 is 0 Å². The molecule has 1 fully saturated rings. The topological polar surface area (TPSA) is 41.1 Å². The highest BCUT2D eigenvalue weighted by atomic mass is 16.2. The highest BCUT2D eigenvalue weighted by Crippen LogP contribution is 2.18. The summed E-state index contributed by atoms with van der Waals surface area (Å²) < 4.78 is 0. The Kier molecular flexibility index (Phi) is 2.39. The normalized spacial score (nSPS) is 21.2. The lowest BCUT2D eigenvalue weighted by Crippen LogP contribution is -2.44. The van der Waals surface area contributed by atoms with Gasteiger partial charge in [-0.25, -0.2) is 4.79 Å². The molecule has 2 N–H and O–H groups in total. The highest BCUT2D eigenvalue weighted by molar-refractivity contribution is 5.75. The highest BCUT2D eigenvalue weighted by Gasteiger charge is 2.18. The third-order valence-electron chi connectivity index (χ3n) is 2.47. The van der Waals surface area contributed by atoms with Gasteiger partial charge in [-0.3, -0.25) is 0 Å². The molecule has 1 atom stereocenters. The van der Waals surface area contributed by atoms with Crippen molar-refractivity contribution in [2.45, 2.75) is 19.4 Å². The summed E-state index contributed by atoms with van der Waals surface area (Å²) in [6.45, 7) is 2.82. The zero-order valence-corrected chi connectivity index (χ0v) is 8.21. The number of nitrogens with one attached hydrogen (secondary N) is 2. The Bertz CT molecular complexity index is 349. The molecule has 0 aromatic heterocycles. The van der Waals surface area contributed by atoms with E-state index in [1.54, 1.807) is 0 Å². The lowest BCUT2D eigenvalue weighted by molar-refractivity contribution is 0.229. The Morgan fingerprint density at radius 3 is 3.00 bits per heavy atom. The van der Waals surface area contributed by atoms with Gasteiger partial charge in [-0.05, 0) is 18.9 Å². The quantitative estimate of drug-likeness (QED) is 0.695. The van der Waals surface area contributed by atoms with Crippen LogP contribution in [0.3, 0.4) is 0 Å². The first-order valence-corrected chi connectivity index (χ1v) is 4.86. The number of benzene rings is 1. The number of hydrogen-bond acceptors (Lipinski definition) is 1. The minimum atomic E-state index is -0.0669. The van der Waals surface area contributed by atoms with Gasteiger partial charge in [0.1, 0.15) is 0 Å². The molecule has 0 bridgehead atoms. The molecular weight excluding hydrogens is 176 g/mol. The first kappa shape index (κ1) is 9.06. The zero-order valence-electron chi connectivity index (χ0n) is 8.21. The molecule has 3 heteroatoms. The van der Waals surface area contributed by atoms with Crippen LogP contribution in [0, 0.1) is 6.92 Å². The molecule has 0 saturated carbocycles. The number of carbonyl (C=O) groups excluding carboxylic acids is 1. The molecule has 0 aliphatic carbocycles. The Morgan fingerprint density at radius 2 is 2.29 bits per heavy atom.